The first-order valence-electron chi connectivity index (χ1n) is 9.56. The highest BCUT2D eigenvalue weighted by atomic mass is 16.2. The van der Waals surface area contributed by atoms with E-state index in [1.165, 1.54) is 16.5 Å². The van der Waals surface area contributed by atoms with Gasteiger partial charge in [-0.05, 0) is 30.5 Å². The maximum Gasteiger partial charge on any atom is 0.261 e. The lowest BCUT2D eigenvalue weighted by atomic mass is 10.1. The molecule has 2 aromatic carbocycles. The van der Waals surface area contributed by atoms with Gasteiger partial charge in [0, 0.05) is 32.6 Å². The fraction of sp³-hybridized carbons (Fsp3) is 0.318. The van der Waals surface area contributed by atoms with Crippen molar-refractivity contribution in [2.75, 3.05) is 19.6 Å². The van der Waals surface area contributed by atoms with Crippen molar-refractivity contribution in [3.63, 3.8) is 0 Å². The summed E-state index contributed by atoms with van der Waals surface area (Å²) in [6, 6.07) is 15.6. The third-order valence-electron chi connectivity index (χ3n) is 4.89. The lowest BCUT2D eigenvalue weighted by Crippen LogP contribution is -2.37. The van der Waals surface area contributed by atoms with Gasteiger partial charge in [-0.1, -0.05) is 42.5 Å². The molecule has 28 heavy (non-hydrogen) atoms. The molecule has 0 aliphatic rings. The molecule has 3 rings (SSSR count). The van der Waals surface area contributed by atoms with E-state index in [0.29, 0.717) is 37.1 Å². The van der Waals surface area contributed by atoms with E-state index in [4.69, 9.17) is 5.73 Å². The predicted octanol–water partition coefficient (Wildman–Crippen LogP) is 2.13. The monoisotopic (exact) mass is 378 g/mol. The SMILES string of the molecule is Cc1cccc2c(=O)n(CCC(=O)N(CCN)CCc3ccccc3)cnc12. The van der Waals surface area contributed by atoms with Crippen LogP contribution in [-0.2, 0) is 17.8 Å². The van der Waals surface area contributed by atoms with Gasteiger partial charge in [0.25, 0.3) is 5.56 Å². The van der Waals surface area contributed by atoms with Gasteiger partial charge in [0.05, 0.1) is 17.2 Å². The molecule has 3 aromatic rings. The number of nitrogens with two attached hydrogens (primary N) is 1. The number of amides is 1. The summed E-state index contributed by atoms with van der Waals surface area (Å²) in [5, 5.41) is 0.581. The number of carbonyl (C=O) groups excluding carboxylic acids is 1. The largest absolute Gasteiger partial charge is 0.341 e. The second-order valence-electron chi connectivity index (χ2n) is 6.87. The highest BCUT2D eigenvalue weighted by molar-refractivity contribution is 5.80. The van der Waals surface area contributed by atoms with Crippen molar-refractivity contribution in [1.29, 1.82) is 0 Å². The summed E-state index contributed by atoms with van der Waals surface area (Å²) in [7, 11) is 0. The Balaban J connectivity index is 1.66. The topological polar surface area (TPSA) is 81.2 Å². The molecule has 0 radical (unpaired) electrons. The molecular formula is C22H26N4O2. The van der Waals surface area contributed by atoms with Gasteiger partial charge in [-0.25, -0.2) is 4.98 Å². The van der Waals surface area contributed by atoms with E-state index in [1.807, 2.05) is 49.4 Å². The van der Waals surface area contributed by atoms with Gasteiger partial charge >= 0.3 is 0 Å². The number of benzene rings is 2. The Kier molecular flexibility index (Phi) is 6.55. The lowest BCUT2D eigenvalue weighted by Gasteiger charge is -2.22. The molecule has 1 amide bonds. The van der Waals surface area contributed by atoms with Gasteiger partial charge in [0.2, 0.25) is 5.91 Å². The van der Waals surface area contributed by atoms with E-state index in [-0.39, 0.29) is 17.9 Å². The van der Waals surface area contributed by atoms with Crippen LogP contribution in [0, 0.1) is 6.92 Å². The van der Waals surface area contributed by atoms with Crippen LogP contribution in [0.1, 0.15) is 17.5 Å². The van der Waals surface area contributed by atoms with Crippen molar-refractivity contribution in [2.45, 2.75) is 26.3 Å². The van der Waals surface area contributed by atoms with Gasteiger partial charge in [-0.2, -0.15) is 0 Å². The Morgan fingerprint density at radius 2 is 1.89 bits per heavy atom. The molecule has 0 saturated carbocycles. The molecule has 1 aromatic heterocycles. The fourth-order valence-corrected chi connectivity index (χ4v) is 3.30. The van der Waals surface area contributed by atoms with Crippen LogP contribution in [0.5, 0.6) is 0 Å². The van der Waals surface area contributed by atoms with E-state index in [0.717, 1.165) is 12.0 Å². The average molecular weight is 378 g/mol. The van der Waals surface area contributed by atoms with E-state index in [2.05, 4.69) is 4.98 Å². The number of nitrogens with zero attached hydrogens (tertiary/aromatic N) is 3. The van der Waals surface area contributed by atoms with E-state index >= 15 is 0 Å². The molecular weight excluding hydrogens is 352 g/mol. The second kappa shape index (κ2) is 9.28. The Morgan fingerprint density at radius 1 is 1.11 bits per heavy atom. The molecule has 6 nitrogen and oxygen atoms in total. The molecule has 0 unspecified atom stereocenters. The van der Waals surface area contributed by atoms with Crippen molar-refractivity contribution in [1.82, 2.24) is 14.5 Å². The molecule has 146 valence electrons. The van der Waals surface area contributed by atoms with Crippen LogP contribution >= 0.6 is 0 Å². The minimum atomic E-state index is -0.115. The van der Waals surface area contributed by atoms with Gasteiger partial charge in [0.15, 0.2) is 0 Å². The molecule has 0 aliphatic carbocycles. The zero-order chi connectivity index (χ0) is 19.9. The predicted molar refractivity (Wildman–Crippen MR) is 111 cm³/mol. The van der Waals surface area contributed by atoms with Gasteiger partial charge in [0.1, 0.15) is 0 Å². The zero-order valence-electron chi connectivity index (χ0n) is 16.2. The Morgan fingerprint density at radius 3 is 2.64 bits per heavy atom. The van der Waals surface area contributed by atoms with Crippen molar-refractivity contribution < 1.29 is 4.79 Å². The first-order valence-corrected chi connectivity index (χ1v) is 9.56. The van der Waals surface area contributed by atoms with Crippen LogP contribution in [0.25, 0.3) is 10.9 Å². The number of fused-ring (bicyclic) bond motifs is 1. The fourth-order valence-electron chi connectivity index (χ4n) is 3.30. The Labute approximate surface area is 164 Å². The molecule has 0 atom stereocenters. The third kappa shape index (κ3) is 4.64. The number of hydrogen-bond acceptors (Lipinski definition) is 4. The van der Waals surface area contributed by atoms with Crippen molar-refractivity contribution >= 4 is 16.8 Å². The summed E-state index contributed by atoms with van der Waals surface area (Å²) in [5.74, 6) is -0.00220. The van der Waals surface area contributed by atoms with Crippen LogP contribution in [0.3, 0.4) is 0 Å². The number of aromatic nitrogens is 2. The van der Waals surface area contributed by atoms with E-state index in [1.54, 1.807) is 11.0 Å². The van der Waals surface area contributed by atoms with Gasteiger partial charge < -0.3 is 10.6 Å². The molecule has 2 N–H and O–H groups in total. The smallest absolute Gasteiger partial charge is 0.261 e. The maximum absolute atomic E-state index is 12.7. The Hall–Kier alpha value is -2.99. The summed E-state index contributed by atoms with van der Waals surface area (Å²) < 4.78 is 1.51. The summed E-state index contributed by atoms with van der Waals surface area (Å²) in [5.41, 5.74) is 8.43. The molecule has 1 heterocycles. The maximum atomic E-state index is 12.7. The molecule has 0 aliphatic heterocycles. The van der Waals surface area contributed by atoms with Crippen LogP contribution < -0.4 is 11.3 Å². The number of para-hydroxylation sites is 1. The van der Waals surface area contributed by atoms with Crippen molar-refractivity contribution in [3.05, 3.63) is 76.3 Å². The standard InChI is InChI=1S/C22H26N4O2/c1-17-6-5-9-19-21(17)24-16-26(22(19)28)14-11-20(27)25(15-12-23)13-10-18-7-3-2-4-8-18/h2-9,16H,10-15,23H2,1H3. The molecule has 0 bridgehead atoms. The number of rotatable bonds is 8. The minimum Gasteiger partial charge on any atom is -0.341 e. The first-order chi connectivity index (χ1) is 13.6. The molecule has 0 spiro atoms. The van der Waals surface area contributed by atoms with Gasteiger partial charge in [-0.3, -0.25) is 14.2 Å². The summed E-state index contributed by atoms with van der Waals surface area (Å²) in [6.07, 6.45) is 2.55. The summed E-state index contributed by atoms with van der Waals surface area (Å²) in [4.78, 5) is 31.5. The van der Waals surface area contributed by atoms with Crippen LogP contribution in [0.15, 0.2) is 59.7 Å². The van der Waals surface area contributed by atoms with Crippen molar-refractivity contribution in [3.8, 4) is 0 Å². The molecule has 0 saturated heterocycles. The quantitative estimate of drug-likeness (QED) is 0.651. The third-order valence-corrected chi connectivity index (χ3v) is 4.89. The van der Waals surface area contributed by atoms with E-state index in [9.17, 15) is 9.59 Å². The van der Waals surface area contributed by atoms with Gasteiger partial charge in [-0.15, -0.1) is 0 Å². The molecule has 6 heteroatoms. The average Bonchev–Trinajstić information content (AvgIpc) is 2.71. The van der Waals surface area contributed by atoms with Crippen molar-refractivity contribution in [2.24, 2.45) is 5.73 Å². The second-order valence-corrected chi connectivity index (χ2v) is 6.87. The number of carbonyl (C=O) groups is 1. The summed E-state index contributed by atoms with van der Waals surface area (Å²) >= 11 is 0. The van der Waals surface area contributed by atoms with Crippen LogP contribution in [0.2, 0.25) is 0 Å². The molecule has 0 fully saturated rings. The number of hydrogen-bond donors (Lipinski definition) is 1. The normalized spacial score (nSPS) is 10.9. The lowest BCUT2D eigenvalue weighted by molar-refractivity contribution is -0.131. The van der Waals surface area contributed by atoms with E-state index < -0.39 is 0 Å². The number of aryl methyl sites for hydroxylation is 2. The highest BCUT2D eigenvalue weighted by Crippen LogP contribution is 2.11. The zero-order valence-corrected chi connectivity index (χ0v) is 16.2. The highest BCUT2D eigenvalue weighted by Gasteiger charge is 2.14. The summed E-state index contributed by atoms with van der Waals surface area (Å²) in [6.45, 7) is 3.78. The van der Waals surface area contributed by atoms with Crippen LogP contribution in [-0.4, -0.2) is 40.0 Å². The van der Waals surface area contributed by atoms with Crippen LogP contribution in [0.4, 0.5) is 0 Å². The Bertz CT molecular complexity index is 998. The first kappa shape index (κ1) is 19.8. The minimum absolute atomic E-state index is 0.00220.